The number of nitrogens with zero attached hydrogens (tertiary/aromatic N) is 1. The van der Waals surface area contributed by atoms with Crippen LogP contribution in [0.3, 0.4) is 0 Å². The molecule has 0 bridgehead atoms. The zero-order valence-corrected chi connectivity index (χ0v) is 17.4. The first kappa shape index (κ1) is 20.7. The van der Waals surface area contributed by atoms with Gasteiger partial charge in [-0.1, -0.05) is 13.8 Å². The molecule has 0 aromatic heterocycles. The molecule has 0 spiro atoms. The number of carbonyl (C=O) groups excluding carboxylic acids is 2. The number of hydrogen-bond acceptors (Lipinski definition) is 3. The van der Waals surface area contributed by atoms with E-state index in [0.29, 0.717) is 42.0 Å². The fraction of sp³-hybridized carbons (Fsp3) is 0.556. The lowest BCUT2D eigenvalue weighted by Gasteiger charge is -2.31. The number of aryl methyl sites for hydroxylation is 1. The normalized spacial score (nSPS) is 15.1. The van der Waals surface area contributed by atoms with E-state index < -0.39 is 11.8 Å². The minimum Gasteiger partial charge on any atom is -0.449 e. The van der Waals surface area contributed by atoms with Crippen LogP contribution in [0.4, 0.5) is 19.7 Å². The van der Waals surface area contributed by atoms with Crippen LogP contribution in [0.25, 0.3) is 0 Å². The monoisotopic (exact) mass is 477 g/mol. The first-order valence-electron chi connectivity index (χ1n) is 8.71. The third kappa shape index (κ3) is 6.00. The molecule has 8 heteroatoms. The smallest absolute Gasteiger partial charge is 0.409 e. The maximum absolute atomic E-state index is 14.0. The van der Waals surface area contributed by atoms with Crippen molar-refractivity contribution in [3.8, 4) is 0 Å². The highest BCUT2D eigenvalue weighted by atomic mass is 127. The van der Waals surface area contributed by atoms with Gasteiger partial charge >= 0.3 is 12.1 Å². The fourth-order valence-electron chi connectivity index (χ4n) is 2.69. The maximum atomic E-state index is 14.0. The van der Waals surface area contributed by atoms with Gasteiger partial charge in [0.25, 0.3) is 0 Å². The van der Waals surface area contributed by atoms with E-state index in [4.69, 9.17) is 4.74 Å². The van der Waals surface area contributed by atoms with Gasteiger partial charge in [0.05, 0.1) is 12.3 Å². The fourth-order valence-corrected chi connectivity index (χ4v) is 3.57. The summed E-state index contributed by atoms with van der Waals surface area (Å²) in [7, 11) is 0. The van der Waals surface area contributed by atoms with Crippen molar-refractivity contribution in [1.29, 1.82) is 0 Å². The van der Waals surface area contributed by atoms with Crippen LogP contribution in [-0.2, 0) is 4.74 Å². The molecule has 0 aliphatic carbocycles. The second-order valence-corrected chi connectivity index (χ2v) is 8.10. The van der Waals surface area contributed by atoms with Crippen LogP contribution in [0.2, 0.25) is 0 Å². The summed E-state index contributed by atoms with van der Waals surface area (Å²) in [5.74, 6) is -0.154. The Bertz CT molecular complexity index is 638. The Balaban J connectivity index is 1.80. The number of hydrogen-bond donors (Lipinski definition) is 2. The van der Waals surface area contributed by atoms with Gasteiger partial charge in [-0.05, 0) is 66.0 Å². The van der Waals surface area contributed by atoms with E-state index in [2.05, 4.69) is 10.6 Å². The molecule has 1 aromatic rings. The van der Waals surface area contributed by atoms with Crippen molar-refractivity contribution in [3.05, 3.63) is 27.1 Å². The Labute approximate surface area is 167 Å². The second-order valence-electron chi connectivity index (χ2n) is 6.93. The SMILES string of the molecule is Cc1cc(F)c(NC(=O)NC2CCN(C(=O)OCC(C)C)CC2)c(I)c1. The van der Waals surface area contributed by atoms with Gasteiger partial charge in [-0.2, -0.15) is 0 Å². The van der Waals surface area contributed by atoms with E-state index >= 15 is 0 Å². The number of benzene rings is 1. The third-order valence-corrected chi connectivity index (χ3v) is 4.90. The molecule has 6 nitrogen and oxygen atoms in total. The Kier molecular flexibility index (Phi) is 7.48. The molecule has 0 unspecified atom stereocenters. The van der Waals surface area contributed by atoms with Crippen molar-refractivity contribution >= 4 is 40.4 Å². The summed E-state index contributed by atoms with van der Waals surface area (Å²) in [5, 5.41) is 5.43. The average molecular weight is 477 g/mol. The lowest BCUT2D eigenvalue weighted by molar-refractivity contribution is 0.0825. The Hall–Kier alpha value is -1.58. The maximum Gasteiger partial charge on any atom is 0.409 e. The predicted octanol–water partition coefficient (Wildman–Crippen LogP) is 4.12. The first-order valence-corrected chi connectivity index (χ1v) is 9.79. The van der Waals surface area contributed by atoms with Crippen LogP contribution in [0, 0.1) is 22.2 Å². The standard InChI is InChI=1S/C18H25FIN3O3/c1-11(2)10-26-18(25)23-6-4-13(5-7-23)21-17(24)22-16-14(19)8-12(3)9-15(16)20/h8-9,11,13H,4-7,10H2,1-3H3,(H2,21,22,24). The third-order valence-electron chi connectivity index (χ3n) is 4.05. The minimum atomic E-state index is -0.452. The summed E-state index contributed by atoms with van der Waals surface area (Å²) in [5.41, 5.74) is 0.984. The number of amides is 3. The highest BCUT2D eigenvalue weighted by molar-refractivity contribution is 14.1. The Morgan fingerprint density at radius 2 is 2.00 bits per heavy atom. The molecule has 1 heterocycles. The molecule has 1 aliphatic heterocycles. The summed E-state index contributed by atoms with van der Waals surface area (Å²) >= 11 is 2.00. The highest BCUT2D eigenvalue weighted by Crippen LogP contribution is 2.23. The molecular weight excluding hydrogens is 452 g/mol. The van der Waals surface area contributed by atoms with Crippen molar-refractivity contribution in [1.82, 2.24) is 10.2 Å². The van der Waals surface area contributed by atoms with Crippen LogP contribution in [0.15, 0.2) is 12.1 Å². The molecule has 1 aromatic carbocycles. The Morgan fingerprint density at radius 3 is 2.58 bits per heavy atom. The number of likely N-dealkylation sites (tertiary alicyclic amines) is 1. The molecule has 1 fully saturated rings. The molecule has 0 saturated carbocycles. The van der Waals surface area contributed by atoms with Crippen molar-refractivity contribution in [2.75, 3.05) is 25.0 Å². The van der Waals surface area contributed by atoms with Gasteiger partial charge < -0.3 is 20.3 Å². The minimum absolute atomic E-state index is 0.0599. The summed E-state index contributed by atoms with van der Waals surface area (Å²) in [6, 6.07) is 2.70. The molecule has 2 rings (SSSR count). The number of nitrogens with one attached hydrogen (secondary N) is 2. The molecular formula is C18H25FIN3O3. The number of rotatable bonds is 4. The van der Waals surface area contributed by atoms with Crippen LogP contribution in [-0.4, -0.2) is 42.8 Å². The summed E-state index contributed by atoms with van der Waals surface area (Å²) in [6.07, 6.45) is 0.966. The molecule has 26 heavy (non-hydrogen) atoms. The van der Waals surface area contributed by atoms with Gasteiger partial charge in [0.15, 0.2) is 0 Å². The highest BCUT2D eigenvalue weighted by Gasteiger charge is 2.25. The van der Waals surface area contributed by atoms with Gasteiger partial charge in [-0.25, -0.2) is 14.0 Å². The summed E-state index contributed by atoms with van der Waals surface area (Å²) in [4.78, 5) is 25.8. The zero-order valence-electron chi connectivity index (χ0n) is 15.3. The van der Waals surface area contributed by atoms with E-state index in [1.165, 1.54) is 6.07 Å². The molecule has 1 saturated heterocycles. The van der Waals surface area contributed by atoms with Crippen LogP contribution in [0.1, 0.15) is 32.3 Å². The lowest BCUT2D eigenvalue weighted by atomic mass is 10.1. The van der Waals surface area contributed by atoms with E-state index in [0.717, 1.165) is 5.56 Å². The van der Waals surface area contributed by atoms with Gasteiger partial charge in [-0.15, -0.1) is 0 Å². The van der Waals surface area contributed by atoms with Crippen LogP contribution in [0.5, 0.6) is 0 Å². The number of ether oxygens (including phenoxy) is 1. The van der Waals surface area contributed by atoms with Gasteiger partial charge in [0.1, 0.15) is 5.82 Å². The van der Waals surface area contributed by atoms with Crippen LogP contribution < -0.4 is 10.6 Å². The number of anilines is 1. The summed E-state index contributed by atoms with van der Waals surface area (Å²) in [6.45, 7) is 7.23. The second kappa shape index (κ2) is 9.38. The number of halogens is 2. The summed E-state index contributed by atoms with van der Waals surface area (Å²) < 4.78 is 19.9. The van der Waals surface area contributed by atoms with Crippen LogP contribution >= 0.6 is 22.6 Å². The molecule has 0 radical (unpaired) electrons. The van der Waals surface area contributed by atoms with E-state index in [1.54, 1.807) is 17.9 Å². The largest absolute Gasteiger partial charge is 0.449 e. The van der Waals surface area contributed by atoms with Gasteiger partial charge in [0, 0.05) is 22.7 Å². The zero-order chi connectivity index (χ0) is 19.3. The van der Waals surface area contributed by atoms with Crippen molar-refractivity contribution in [2.45, 2.75) is 39.7 Å². The molecule has 0 atom stereocenters. The molecule has 2 N–H and O–H groups in total. The van der Waals surface area contributed by atoms with Crippen molar-refractivity contribution in [2.24, 2.45) is 5.92 Å². The predicted molar refractivity (Wildman–Crippen MR) is 107 cm³/mol. The first-order chi connectivity index (χ1) is 12.3. The van der Waals surface area contributed by atoms with E-state index in [1.807, 2.05) is 36.4 Å². The average Bonchev–Trinajstić information content (AvgIpc) is 2.56. The molecule has 3 amide bonds. The Morgan fingerprint density at radius 1 is 1.35 bits per heavy atom. The van der Waals surface area contributed by atoms with Gasteiger partial charge in [-0.3, -0.25) is 0 Å². The number of urea groups is 1. The van der Waals surface area contributed by atoms with Crippen molar-refractivity contribution in [3.63, 3.8) is 0 Å². The van der Waals surface area contributed by atoms with E-state index in [-0.39, 0.29) is 17.8 Å². The quantitative estimate of drug-likeness (QED) is 0.642. The number of carbonyl (C=O) groups is 2. The lowest BCUT2D eigenvalue weighted by Crippen LogP contribution is -2.47. The van der Waals surface area contributed by atoms with Crippen molar-refractivity contribution < 1.29 is 18.7 Å². The van der Waals surface area contributed by atoms with Gasteiger partial charge in [0.2, 0.25) is 0 Å². The number of piperidine rings is 1. The molecule has 144 valence electrons. The topological polar surface area (TPSA) is 70.7 Å². The van der Waals surface area contributed by atoms with E-state index in [9.17, 15) is 14.0 Å². The molecule has 1 aliphatic rings.